The summed E-state index contributed by atoms with van der Waals surface area (Å²) in [4.78, 5) is 0. The highest BCUT2D eigenvalue weighted by Gasteiger charge is 2.03. The van der Waals surface area contributed by atoms with E-state index in [-0.39, 0.29) is 6.61 Å². The van der Waals surface area contributed by atoms with E-state index in [9.17, 15) is 0 Å². The van der Waals surface area contributed by atoms with Crippen molar-refractivity contribution in [1.29, 1.82) is 0 Å². The molecule has 0 aliphatic carbocycles. The van der Waals surface area contributed by atoms with Gasteiger partial charge in [-0.05, 0) is 24.6 Å². The van der Waals surface area contributed by atoms with Crippen molar-refractivity contribution in [2.45, 2.75) is 6.92 Å². The van der Waals surface area contributed by atoms with Crippen molar-refractivity contribution in [3.05, 3.63) is 23.8 Å². The van der Waals surface area contributed by atoms with Gasteiger partial charge in [-0.3, -0.25) is 0 Å². The van der Waals surface area contributed by atoms with Crippen molar-refractivity contribution in [1.82, 2.24) is 0 Å². The minimum absolute atomic E-state index is 0.0356. The maximum atomic E-state index is 8.51. The van der Waals surface area contributed by atoms with E-state index in [1.807, 2.05) is 25.1 Å². The zero-order valence-corrected chi connectivity index (χ0v) is 9.73. The van der Waals surface area contributed by atoms with E-state index in [1.54, 1.807) is 7.11 Å². The Morgan fingerprint density at radius 1 is 1.12 bits per heavy atom. The summed E-state index contributed by atoms with van der Waals surface area (Å²) in [6.45, 7) is 3.27. The summed E-state index contributed by atoms with van der Waals surface area (Å²) in [5, 5.41) is 8.51. The molecule has 0 spiro atoms. The first-order chi connectivity index (χ1) is 7.77. The van der Waals surface area contributed by atoms with Gasteiger partial charge in [0.2, 0.25) is 0 Å². The molecule has 0 radical (unpaired) electrons. The van der Waals surface area contributed by atoms with E-state index in [2.05, 4.69) is 0 Å². The lowest BCUT2D eigenvalue weighted by Gasteiger charge is -2.11. The molecule has 0 bridgehead atoms. The van der Waals surface area contributed by atoms with Crippen LogP contribution in [-0.4, -0.2) is 38.6 Å². The van der Waals surface area contributed by atoms with Crippen molar-refractivity contribution in [3.8, 4) is 11.5 Å². The minimum atomic E-state index is 0.0356. The van der Waals surface area contributed by atoms with Crippen LogP contribution < -0.4 is 9.47 Å². The Balaban J connectivity index is 2.41. The van der Waals surface area contributed by atoms with Crippen molar-refractivity contribution < 1.29 is 19.3 Å². The normalized spacial score (nSPS) is 10.2. The van der Waals surface area contributed by atoms with Crippen LogP contribution in [0.2, 0.25) is 0 Å². The van der Waals surface area contributed by atoms with Gasteiger partial charge in [-0.25, -0.2) is 0 Å². The van der Waals surface area contributed by atoms with E-state index >= 15 is 0 Å². The van der Waals surface area contributed by atoms with Crippen molar-refractivity contribution in [2.24, 2.45) is 0 Å². The molecule has 0 aromatic heterocycles. The lowest BCUT2D eigenvalue weighted by molar-refractivity contribution is 0.0699. The first kappa shape index (κ1) is 12.8. The molecule has 16 heavy (non-hydrogen) atoms. The monoisotopic (exact) mass is 226 g/mol. The molecule has 0 amide bonds. The van der Waals surface area contributed by atoms with Crippen LogP contribution in [0.4, 0.5) is 0 Å². The van der Waals surface area contributed by atoms with Crippen LogP contribution in [0.25, 0.3) is 0 Å². The summed E-state index contributed by atoms with van der Waals surface area (Å²) >= 11 is 0. The van der Waals surface area contributed by atoms with Crippen LogP contribution in [0.1, 0.15) is 5.56 Å². The van der Waals surface area contributed by atoms with Crippen LogP contribution in [0.3, 0.4) is 0 Å². The Hall–Kier alpha value is -1.26. The fourth-order valence-corrected chi connectivity index (χ4v) is 1.27. The van der Waals surface area contributed by atoms with Crippen LogP contribution in [0.15, 0.2) is 18.2 Å². The number of rotatable bonds is 7. The van der Waals surface area contributed by atoms with Gasteiger partial charge in [0.1, 0.15) is 6.61 Å². The summed E-state index contributed by atoms with van der Waals surface area (Å²) < 4.78 is 15.8. The molecule has 90 valence electrons. The average Bonchev–Trinajstić information content (AvgIpc) is 2.30. The van der Waals surface area contributed by atoms with Crippen molar-refractivity contribution in [3.63, 3.8) is 0 Å². The second-order valence-corrected chi connectivity index (χ2v) is 3.34. The van der Waals surface area contributed by atoms with E-state index in [4.69, 9.17) is 19.3 Å². The number of ether oxygens (including phenoxy) is 3. The Morgan fingerprint density at radius 3 is 2.62 bits per heavy atom. The summed E-state index contributed by atoms with van der Waals surface area (Å²) in [6, 6.07) is 5.76. The van der Waals surface area contributed by atoms with Crippen molar-refractivity contribution >= 4 is 0 Å². The predicted octanol–water partition coefficient (Wildman–Crippen LogP) is 1.39. The molecule has 1 aromatic carbocycles. The van der Waals surface area contributed by atoms with Gasteiger partial charge in [0.05, 0.1) is 26.9 Å². The standard InChI is InChI=1S/C12H18O4/c1-10-3-4-11(12(9-10)14-2)16-8-7-15-6-5-13/h3-4,9,13H,5-8H2,1-2H3. The summed E-state index contributed by atoms with van der Waals surface area (Å²) in [7, 11) is 1.61. The third kappa shape index (κ3) is 4.08. The second kappa shape index (κ2) is 7.09. The van der Waals surface area contributed by atoms with E-state index < -0.39 is 0 Å². The molecule has 1 N–H and O–H groups in total. The number of hydrogen-bond donors (Lipinski definition) is 1. The molecule has 0 atom stereocenters. The van der Waals surface area contributed by atoms with Gasteiger partial charge in [0.25, 0.3) is 0 Å². The van der Waals surface area contributed by atoms with Crippen LogP contribution in [0, 0.1) is 6.92 Å². The molecule has 0 aliphatic heterocycles. The smallest absolute Gasteiger partial charge is 0.161 e. The van der Waals surface area contributed by atoms with Gasteiger partial charge in [0, 0.05) is 0 Å². The highest BCUT2D eigenvalue weighted by Crippen LogP contribution is 2.27. The predicted molar refractivity (Wildman–Crippen MR) is 61.1 cm³/mol. The minimum Gasteiger partial charge on any atom is -0.493 e. The zero-order valence-electron chi connectivity index (χ0n) is 9.73. The Morgan fingerprint density at radius 2 is 1.94 bits per heavy atom. The largest absolute Gasteiger partial charge is 0.493 e. The van der Waals surface area contributed by atoms with Gasteiger partial charge in [-0.2, -0.15) is 0 Å². The van der Waals surface area contributed by atoms with Gasteiger partial charge in [-0.15, -0.1) is 0 Å². The highest BCUT2D eigenvalue weighted by atomic mass is 16.5. The number of hydrogen-bond acceptors (Lipinski definition) is 4. The topological polar surface area (TPSA) is 47.9 Å². The molecule has 0 fully saturated rings. The average molecular weight is 226 g/mol. The first-order valence-electron chi connectivity index (χ1n) is 5.24. The lowest BCUT2D eigenvalue weighted by Crippen LogP contribution is -2.09. The number of methoxy groups -OCH3 is 1. The Kier molecular flexibility index (Phi) is 5.67. The fourth-order valence-electron chi connectivity index (χ4n) is 1.27. The second-order valence-electron chi connectivity index (χ2n) is 3.34. The van der Waals surface area contributed by atoms with E-state index in [1.165, 1.54) is 0 Å². The lowest BCUT2D eigenvalue weighted by atomic mass is 10.2. The number of aliphatic hydroxyl groups is 1. The van der Waals surface area contributed by atoms with Gasteiger partial charge in [-0.1, -0.05) is 6.07 Å². The van der Waals surface area contributed by atoms with Crippen LogP contribution in [-0.2, 0) is 4.74 Å². The molecule has 1 aromatic rings. The molecule has 0 aliphatic rings. The van der Waals surface area contributed by atoms with E-state index in [0.717, 1.165) is 11.3 Å². The van der Waals surface area contributed by atoms with Crippen molar-refractivity contribution in [2.75, 3.05) is 33.5 Å². The highest BCUT2D eigenvalue weighted by molar-refractivity contribution is 5.42. The SMILES string of the molecule is COc1cc(C)ccc1OCCOCCO. The summed E-state index contributed by atoms with van der Waals surface area (Å²) in [6.07, 6.45) is 0. The van der Waals surface area contributed by atoms with Gasteiger partial charge in [0.15, 0.2) is 11.5 Å². The molecule has 0 saturated heterocycles. The van der Waals surface area contributed by atoms with E-state index in [0.29, 0.717) is 25.6 Å². The molecule has 0 heterocycles. The fraction of sp³-hybridized carbons (Fsp3) is 0.500. The first-order valence-corrected chi connectivity index (χ1v) is 5.24. The molecular formula is C12H18O4. The van der Waals surface area contributed by atoms with Crippen LogP contribution in [0.5, 0.6) is 11.5 Å². The Bertz CT molecular complexity index is 312. The number of aliphatic hydroxyl groups excluding tert-OH is 1. The number of aryl methyl sites for hydroxylation is 1. The third-order valence-electron chi connectivity index (χ3n) is 2.04. The van der Waals surface area contributed by atoms with Gasteiger partial charge < -0.3 is 19.3 Å². The summed E-state index contributed by atoms with van der Waals surface area (Å²) in [5.41, 5.74) is 1.13. The zero-order chi connectivity index (χ0) is 11.8. The van der Waals surface area contributed by atoms with Crippen LogP contribution >= 0.6 is 0 Å². The summed E-state index contributed by atoms with van der Waals surface area (Å²) in [5.74, 6) is 1.43. The Labute approximate surface area is 95.8 Å². The molecule has 4 nitrogen and oxygen atoms in total. The molecular weight excluding hydrogens is 208 g/mol. The maximum absolute atomic E-state index is 8.51. The molecule has 4 heteroatoms. The maximum Gasteiger partial charge on any atom is 0.161 e. The number of benzene rings is 1. The molecule has 1 rings (SSSR count). The quantitative estimate of drug-likeness (QED) is 0.714. The van der Waals surface area contributed by atoms with Gasteiger partial charge >= 0.3 is 0 Å². The third-order valence-corrected chi connectivity index (χ3v) is 2.04. The molecule has 0 saturated carbocycles. The molecule has 0 unspecified atom stereocenters.